The highest BCUT2D eigenvalue weighted by molar-refractivity contribution is 6.07. The summed E-state index contributed by atoms with van der Waals surface area (Å²) in [6, 6.07) is 8.26. The first-order chi connectivity index (χ1) is 11.1. The molecule has 1 fully saturated rings. The van der Waals surface area contributed by atoms with E-state index in [4.69, 9.17) is 0 Å². The summed E-state index contributed by atoms with van der Waals surface area (Å²) in [6.07, 6.45) is 5.78. The monoisotopic (exact) mass is 310 g/mol. The first-order valence-electron chi connectivity index (χ1n) is 8.18. The van der Waals surface area contributed by atoms with Gasteiger partial charge in [-0.05, 0) is 37.6 Å². The number of rotatable bonds is 2. The molecule has 5 heteroatoms. The molecule has 1 aromatic heterocycles. The van der Waals surface area contributed by atoms with Crippen molar-refractivity contribution in [2.24, 2.45) is 7.05 Å². The topological polar surface area (TPSA) is 41.4 Å². The maximum Gasteiger partial charge on any atom is 0.237 e. The second kappa shape index (κ2) is 5.20. The van der Waals surface area contributed by atoms with Crippen LogP contribution in [0.25, 0.3) is 0 Å². The number of aromatic nitrogens is 2. The van der Waals surface area contributed by atoms with Crippen LogP contribution in [0.15, 0.2) is 36.7 Å². The summed E-state index contributed by atoms with van der Waals surface area (Å²) in [5.41, 5.74) is 3.22. The number of aryl methyl sites for hydroxylation is 1. The number of piperidine rings is 1. The highest BCUT2D eigenvalue weighted by Gasteiger charge is 2.50. The van der Waals surface area contributed by atoms with Gasteiger partial charge in [0.2, 0.25) is 5.91 Å². The van der Waals surface area contributed by atoms with Gasteiger partial charge in [0.05, 0.1) is 11.6 Å². The molecule has 1 aromatic carbocycles. The van der Waals surface area contributed by atoms with Gasteiger partial charge in [0, 0.05) is 38.1 Å². The third-order valence-electron chi connectivity index (χ3n) is 5.37. The summed E-state index contributed by atoms with van der Waals surface area (Å²) in [5.74, 6) is 0.264. The van der Waals surface area contributed by atoms with Gasteiger partial charge in [0.15, 0.2) is 0 Å². The summed E-state index contributed by atoms with van der Waals surface area (Å²) in [6.45, 7) is 2.81. The SMILES string of the molecule is CN1C(=O)C2(CCN(Cc3cnn(C)c3)CC2)c2ccccc21. The van der Waals surface area contributed by atoms with E-state index in [1.165, 1.54) is 11.1 Å². The number of amides is 1. The molecule has 0 unspecified atom stereocenters. The number of hydrogen-bond donors (Lipinski definition) is 0. The van der Waals surface area contributed by atoms with Gasteiger partial charge in [0.25, 0.3) is 0 Å². The Labute approximate surface area is 136 Å². The average Bonchev–Trinajstić information content (AvgIpc) is 3.06. The Balaban J connectivity index is 1.54. The molecule has 2 aliphatic heterocycles. The van der Waals surface area contributed by atoms with E-state index >= 15 is 0 Å². The fourth-order valence-electron chi connectivity index (χ4n) is 4.10. The second-order valence-corrected chi connectivity index (χ2v) is 6.76. The highest BCUT2D eigenvalue weighted by Crippen LogP contribution is 2.47. The van der Waals surface area contributed by atoms with E-state index in [2.05, 4.69) is 34.4 Å². The maximum absolute atomic E-state index is 12.9. The van der Waals surface area contributed by atoms with Gasteiger partial charge in [-0.15, -0.1) is 0 Å². The predicted molar refractivity (Wildman–Crippen MR) is 89.2 cm³/mol. The van der Waals surface area contributed by atoms with Crippen LogP contribution in [0, 0.1) is 0 Å². The van der Waals surface area contributed by atoms with Gasteiger partial charge in [-0.2, -0.15) is 5.10 Å². The average molecular weight is 310 g/mol. The molecule has 0 aliphatic carbocycles. The molecule has 4 rings (SSSR count). The predicted octanol–water partition coefficient (Wildman–Crippen LogP) is 1.93. The number of likely N-dealkylation sites (tertiary alicyclic amines) is 1. The number of benzene rings is 1. The summed E-state index contributed by atoms with van der Waals surface area (Å²) in [4.78, 5) is 17.2. The smallest absolute Gasteiger partial charge is 0.237 e. The number of nitrogens with zero attached hydrogens (tertiary/aromatic N) is 4. The Hall–Kier alpha value is -2.14. The molecule has 2 aliphatic rings. The van der Waals surface area contributed by atoms with Crippen molar-refractivity contribution >= 4 is 11.6 Å². The maximum atomic E-state index is 12.9. The second-order valence-electron chi connectivity index (χ2n) is 6.76. The van der Waals surface area contributed by atoms with Crippen molar-refractivity contribution in [3.8, 4) is 0 Å². The van der Waals surface area contributed by atoms with Crippen molar-refractivity contribution in [3.05, 3.63) is 47.8 Å². The number of anilines is 1. The summed E-state index contributed by atoms with van der Waals surface area (Å²) < 4.78 is 1.84. The molecule has 0 N–H and O–H groups in total. The van der Waals surface area contributed by atoms with Crippen molar-refractivity contribution in [1.29, 1.82) is 0 Å². The van der Waals surface area contributed by atoms with Gasteiger partial charge in [0.1, 0.15) is 0 Å². The van der Waals surface area contributed by atoms with Crippen molar-refractivity contribution in [2.45, 2.75) is 24.8 Å². The molecular formula is C18H22N4O. The molecule has 23 heavy (non-hydrogen) atoms. The minimum absolute atomic E-state index is 0.264. The van der Waals surface area contributed by atoms with Crippen molar-refractivity contribution in [1.82, 2.24) is 14.7 Å². The van der Waals surface area contributed by atoms with Gasteiger partial charge in [-0.1, -0.05) is 18.2 Å². The lowest BCUT2D eigenvalue weighted by molar-refractivity contribution is -0.124. The lowest BCUT2D eigenvalue weighted by atomic mass is 9.73. The molecule has 5 nitrogen and oxygen atoms in total. The van der Waals surface area contributed by atoms with Crippen LogP contribution in [0.3, 0.4) is 0 Å². The first-order valence-corrected chi connectivity index (χ1v) is 8.18. The van der Waals surface area contributed by atoms with Crippen LogP contribution in [-0.4, -0.2) is 40.7 Å². The number of likely N-dealkylation sites (N-methyl/N-ethyl adjacent to an activating group) is 1. The molecular weight excluding hydrogens is 288 g/mol. The zero-order valence-corrected chi connectivity index (χ0v) is 13.7. The van der Waals surface area contributed by atoms with Crippen LogP contribution in [-0.2, 0) is 23.8 Å². The van der Waals surface area contributed by atoms with E-state index in [0.29, 0.717) is 0 Å². The summed E-state index contributed by atoms with van der Waals surface area (Å²) >= 11 is 0. The van der Waals surface area contributed by atoms with Gasteiger partial charge in [-0.3, -0.25) is 14.4 Å². The third kappa shape index (κ3) is 2.18. The van der Waals surface area contributed by atoms with Gasteiger partial charge < -0.3 is 4.90 Å². The largest absolute Gasteiger partial charge is 0.314 e. The van der Waals surface area contributed by atoms with Crippen LogP contribution in [0.1, 0.15) is 24.0 Å². The van der Waals surface area contributed by atoms with Crippen LogP contribution < -0.4 is 4.90 Å². The Morgan fingerprint density at radius 3 is 2.61 bits per heavy atom. The lowest BCUT2D eigenvalue weighted by Gasteiger charge is -2.38. The quantitative estimate of drug-likeness (QED) is 0.851. The lowest BCUT2D eigenvalue weighted by Crippen LogP contribution is -2.47. The van der Waals surface area contributed by atoms with Crippen LogP contribution in [0.5, 0.6) is 0 Å². The Kier molecular flexibility index (Phi) is 3.27. The van der Waals surface area contributed by atoms with E-state index in [0.717, 1.165) is 38.2 Å². The molecule has 2 aromatic rings. The Bertz CT molecular complexity index is 743. The van der Waals surface area contributed by atoms with E-state index in [9.17, 15) is 4.79 Å². The minimum Gasteiger partial charge on any atom is -0.314 e. The number of hydrogen-bond acceptors (Lipinski definition) is 3. The number of fused-ring (bicyclic) bond motifs is 2. The summed E-state index contributed by atoms with van der Waals surface area (Å²) in [5, 5.41) is 4.23. The molecule has 1 spiro atoms. The Morgan fingerprint density at radius 1 is 1.17 bits per heavy atom. The van der Waals surface area contributed by atoms with Crippen LogP contribution in [0.2, 0.25) is 0 Å². The molecule has 1 amide bonds. The molecule has 120 valence electrons. The van der Waals surface area contributed by atoms with E-state index in [1.54, 1.807) is 0 Å². The fraction of sp³-hybridized carbons (Fsp3) is 0.444. The van der Waals surface area contributed by atoms with E-state index < -0.39 is 0 Å². The number of para-hydroxylation sites is 1. The minimum atomic E-state index is -0.309. The fourth-order valence-corrected chi connectivity index (χ4v) is 4.10. The van der Waals surface area contributed by atoms with E-state index in [-0.39, 0.29) is 11.3 Å². The molecule has 1 saturated heterocycles. The Morgan fingerprint density at radius 2 is 1.91 bits per heavy atom. The van der Waals surface area contributed by atoms with Gasteiger partial charge in [-0.25, -0.2) is 0 Å². The zero-order chi connectivity index (χ0) is 16.0. The highest BCUT2D eigenvalue weighted by atomic mass is 16.2. The third-order valence-corrected chi connectivity index (χ3v) is 5.37. The van der Waals surface area contributed by atoms with Crippen molar-refractivity contribution in [2.75, 3.05) is 25.0 Å². The molecule has 0 bridgehead atoms. The van der Waals surface area contributed by atoms with Crippen molar-refractivity contribution in [3.63, 3.8) is 0 Å². The molecule has 0 radical (unpaired) electrons. The van der Waals surface area contributed by atoms with Crippen LogP contribution in [0.4, 0.5) is 5.69 Å². The first kappa shape index (κ1) is 14.5. The van der Waals surface area contributed by atoms with Crippen LogP contribution >= 0.6 is 0 Å². The summed E-state index contributed by atoms with van der Waals surface area (Å²) in [7, 11) is 3.84. The number of carbonyl (C=O) groups is 1. The molecule has 0 saturated carbocycles. The zero-order valence-electron chi connectivity index (χ0n) is 13.7. The number of carbonyl (C=O) groups excluding carboxylic acids is 1. The molecule has 3 heterocycles. The standard InChI is InChI=1S/C18H22N4O/c1-20-12-14(11-19-20)13-22-9-7-18(8-10-22)15-5-3-4-6-16(15)21(2)17(18)23/h3-6,11-12H,7-10,13H2,1-2H3. The van der Waals surface area contributed by atoms with Crippen molar-refractivity contribution < 1.29 is 4.79 Å². The molecule has 0 atom stereocenters. The van der Waals surface area contributed by atoms with Gasteiger partial charge >= 0.3 is 0 Å². The normalized spacial score (nSPS) is 20.3. The van der Waals surface area contributed by atoms with E-state index in [1.807, 2.05) is 35.9 Å².